The van der Waals surface area contributed by atoms with Gasteiger partial charge in [-0.05, 0) is 39.0 Å². The van der Waals surface area contributed by atoms with E-state index in [-0.39, 0.29) is 12.5 Å². The molecular weight excluding hydrogens is 278 g/mol. The lowest BCUT2D eigenvalue weighted by Gasteiger charge is -2.54. The molecule has 0 bridgehead atoms. The van der Waals surface area contributed by atoms with Gasteiger partial charge >= 0.3 is 0 Å². The van der Waals surface area contributed by atoms with Crippen LogP contribution in [-0.2, 0) is 4.74 Å². The number of rotatable bonds is 7. The first kappa shape index (κ1) is 17.5. The molecule has 0 aromatic heterocycles. The van der Waals surface area contributed by atoms with Gasteiger partial charge in [-0.1, -0.05) is 19.8 Å². The van der Waals surface area contributed by atoms with Crippen molar-refractivity contribution in [2.75, 3.05) is 26.3 Å². The molecule has 3 unspecified atom stereocenters. The molecule has 2 aliphatic rings. The second-order valence-corrected chi connectivity index (χ2v) is 6.82. The van der Waals surface area contributed by atoms with E-state index in [0.717, 1.165) is 25.5 Å². The lowest BCUT2D eigenvalue weighted by atomic mass is 9.60. The topological polar surface area (TPSA) is 65.9 Å². The molecule has 1 spiro atoms. The average Bonchev–Trinajstić information content (AvgIpc) is 3.03. The summed E-state index contributed by atoms with van der Waals surface area (Å²) < 4.78 is 5.97. The molecule has 3 atom stereocenters. The first-order chi connectivity index (χ1) is 10.7. The standard InChI is InChI=1S/C17H33N3O2/c1-4-18-16(19-11-13(3)12-21)20-14-10-15(22-5-2)17(14)8-6-7-9-17/h13-15,21H,4-12H2,1-3H3,(H2,18,19,20). The van der Waals surface area contributed by atoms with Gasteiger partial charge in [0.1, 0.15) is 0 Å². The summed E-state index contributed by atoms with van der Waals surface area (Å²) in [6, 6.07) is 0.466. The number of nitrogens with one attached hydrogen (secondary N) is 2. The maximum absolute atomic E-state index is 9.15. The van der Waals surface area contributed by atoms with E-state index in [9.17, 15) is 0 Å². The minimum atomic E-state index is 0.183. The van der Waals surface area contributed by atoms with E-state index in [1.807, 2.05) is 6.92 Å². The Labute approximate surface area is 134 Å². The molecule has 5 nitrogen and oxygen atoms in total. The van der Waals surface area contributed by atoms with E-state index in [2.05, 4.69) is 29.5 Å². The number of ether oxygens (including phenoxy) is 1. The van der Waals surface area contributed by atoms with Gasteiger partial charge < -0.3 is 20.5 Å². The summed E-state index contributed by atoms with van der Waals surface area (Å²) in [4.78, 5) is 4.63. The molecule has 2 fully saturated rings. The monoisotopic (exact) mass is 311 g/mol. The molecule has 0 radical (unpaired) electrons. The van der Waals surface area contributed by atoms with Crippen LogP contribution >= 0.6 is 0 Å². The molecule has 0 saturated heterocycles. The predicted molar refractivity (Wildman–Crippen MR) is 90.1 cm³/mol. The zero-order chi connectivity index (χ0) is 16.0. The molecular formula is C17H33N3O2. The normalized spacial score (nSPS) is 28.5. The Morgan fingerprint density at radius 2 is 2.09 bits per heavy atom. The number of hydrogen-bond acceptors (Lipinski definition) is 3. The van der Waals surface area contributed by atoms with Crippen molar-refractivity contribution < 1.29 is 9.84 Å². The third kappa shape index (κ3) is 3.74. The number of guanidine groups is 1. The van der Waals surface area contributed by atoms with Crippen molar-refractivity contribution in [3.05, 3.63) is 0 Å². The molecule has 22 heavy (non-hydrogen) atoms. The van der Waals surface area contributed by atoms with Crippen LogP contribution in [-0.4, -0.2) is 49.5 Å². The number of hydrogen-bond donors (Lipinski definition) is 3. The Balaban J connectivity index is 1.97. The first-order valence-corrected chi connectivity index (χ1v) is 8.93. The Bertz CT molecular complexity index is 367. The van der Waals surface area contributed by atoms with Gasteiger partial charge in [0.25, 0.3) is 0 Å². The molecule has 2 aliphatic carbocycles. The van der Waals surface area contributed by atoms with Crippen LogP contribution in [0.1, 0.15) is 52.9 Å². The highest BCUT2D eigenvalue weighted by Crippen LogP contribution is 2.54. The van der Waals surface area contributed by atoms with Crippen LogP contribution in [0.5, 0.6) is 0 Å². The molecule has 3 N–H and O–H groups in total. The Kier molecular flexibility index (Phi) is 6.50. The summed E-state index contributed by atoms with van der Waals surface area (Å²) in [7, 11) is 0. The summed E-state index contributed by atoms with van der Waals surface area (Å²) in [6.07, 6.45) is 6.66. The van der Waals surface area contributed by atoms with Gasteiger partial charge in [-0.25, -0.2) is 0 Å². The molecule has 0 amide bonds. The van der Waals surface area contributed by atoms with Gasteiger partial charge in [0.2, 0.25) is 0 Å². The first-order valence-electron chi connectivity index (χ1n) is 8.93. The Morgan fingerprint density at radius 3 is 2.68 bits per heavy atom. The minimum Gasteiger partial charge on any atom is -0.396 e. The fraction of sp³-hybridized carbons (Fsp3) is 0.941. The van der Waals surface area contributed by atoms with Crippen LogP contribution < -0.4 is 10.6 Å². The van der Waals surface area contributed by atoms with E-state index < -0.39 is 0 Å². The molecule has 2 saturated carbocycles. The fourth-order valence-electron chi connectivity index (χ4n) is 3.88. The Hall–Kier alpha value is -0.810. The quantitative estimate of drug-likeness (QED) is 0.496. The molecule has 5 heteroatoms. The van der Waals surface area contributed by atoms with Gasteiger partial charge in [-0.15, -0.1) is 0 Å². The van der Waals surface area contributed by atoms with Gasteiger partial charge in [-0.2, -0.15) is 0 Å². The summed E-state index contributed by atoms with van der Waals surface area (Å²) in [5, 5.41) is 16.1. The van der Waals surface area contributed by atoms with Crippen molar-refractivity contribution in [3.8, 4) is 0 Å². The summed E-state index contributed by atoms with van der Waals surface area (Å²) in [6.45, 7) is 8.69. The number of nitrogens with zero attached hydrogens (tertiary/aromatic N) is 1. The van der Waals surface area contributed by atoms with E-state index >= 15 is 0 Å². The molecule has 128 valence electrons. The van der Waals surface area contributed by atoms with E-state index in [1.54, 1.807) is 0 Å². The highest BCUT2D eigenvalue weighted by atomic mass is 16.5. The molecule has 0 aromatic carbocycles. The highest BCUT2D eigenvalue weighted by Gasteiger charge is 2.56. The smallest absolute Gasteiger partial charge is 0.191 e. The van der Waals surface area contributed by atoms with Gasteiger partial charge in [0.05, 0.1) is 6.10 Å². The van der Waals surface area contributed by atoms with Crippen molar-refractivity contribution in [1.82, 2.24) is 10.6 Å². The van der Waals surface area contributed by atoms with E-state index in [4.69, 9.17) is 9.84 Å². The third-order valence-corrected chi connectivity index (χ3v) is 5.22. The summed E-state index contributed by atoms with van der Waals surface area (Å²) in [5.41, 5.74) is 0.314. The maximum Gasteiger partial charge on any atom is 0.191 e. The van der Waals surface area contributed by atoms with Crippen LogP contribution in [0.2, 0.25) is 0 Å². The lowest BCUT2D eigenvalue weighted by Crippen LogP contribution is -2.65. The van der Waals surface area contributed by atoms with Crippen LogP contribution in [0.25, 0.3) is 0 Å². The van der Waals surface area contributed by atoms with Gasteiger partial charge in [-0.3, -0.25) is 4.99 Å². The molecule has 0 aliphatic heterocycles. The van der Waals surface area contributed by atoms with Crippen LogP contribution in [0.3, 0.4) is 0 Å². The van der Waals surface area contributed by atoms with Crippen molar-refractivity contribution in [1.29, 1.82) is 0 Å². The number of aliphatic hydroxyl groups is 1. The zero-order valence-corrected chi connectivity index (χ0v) is 14.4. The van der Waals surface area contributed by atoms with E-state index in [0.29, 0.717) is 24.1 Å². The van der Waals surface area contributed by atoms with Crippen LogP contribution in [0, 0.1) is 11.3 Å². The maximum atomic E-state index is 9.15. The largest absolute Gasteiger partial charge is 0.396 e. The second kappa shape index (κ2) is 8.16. The zero-order valence-electron chi connectivity index (χ0n) is 14.4. The van der Waals surface area contributed by atoms with Crippen LogP contribution in [0.15, 0.2) is 4.99 Å². The predicted octanol–water partition coefficient (Wildman–Crippen LogP) is 1.91. The second-order valence-electron chi connectivity index (χ2n) is 6.82. The van der Waals surface area contributed by atoms with Crippen molar-refractivity contribution in [2.45, 2.75) is 65.0 Å². The molecule has 0 aromatic rings. The Morgan fingerprint density at radius 1 is 1.36 bits per heavy atom. The van der Waals surface area contributed by atoms with Crippen molar-refractivity contribution >= 4 is 5.96 Å². The van der Waals surface area contributed by atoms with Crippen LogP contribution in [0.4, 0.5) is 0 Å². The van der Waals surface area contributed by atoms with Gasteiger partial charge in [0, 0.05) is 37.8 Å². The molecule has 0 heterocycles. The molecule has 2 rings (SSSR count). The average molecular weight is 311 g/mol. The highest BCUT2D eigenvalue weighted by molar-refractivity contribution is 5.80. The van der Waals surface area contributed by atoms with Gasteiger partial charge in [0.15, 0.2) is 5.96 Å². The minimum absolute atomic E-state index is 0.183. The van der Waals surface area contributed by atoms with Crippen molar-refractivity contribution in [3.63, 3.8) is 0 Å². The number of aliphatic imine (C=N–C) groups is 1. The number of aliphatic hydroxyl groups excluding tert-OH is 1. The fourth-order valence-corrected chi connectivity index (χ4v) is 3.88. The summed E-state index contributed by atoms with van der Waals surface area (Å²) in [5.74, 6) is 1.09. The SMILES string of the molecule is CCNC(=NCC(C)CO)NC1CC(OCC)C12CCCC2. The van der Waals surface area contributed by atoms with E-state index in [1.165, 1.54) is 25.7 Å². The lowest BCUT2D eigenvalue weighted by molar-refractivity contribution is -0.125. The third-order valence-electron chi connectivity index (χ3n) is 5.22. The summed E-state index contributed by atoms with van der Waals surface area (Å²) >= 11 is 0. The van der Waals surface area contributed by atoms with Crippen molar-refractivity contribution in [2.24, 2.45) is 16.3 Å².